The molecule has 1 heterocycles. The maximum atomic E-state index is 12.5. The topological polar surface area (TPSA) is 60.1 Å². The summed E-state index contributed by atoms with van der Waals surface area (Å²) >= 11 is 0. The Kier molecular flexibility index (Phi) is 2.62. The van der Waals surface area contributed by atoms with Crippen molar-refractivity contribution in [2.24, 2.45) is 5.18 Å². The third-order valence-corrected chi connectivity index (χ3v) is 2.02. The lowest BCUT2D eigenvalue weighted by molar-refractivity contribution is -0.137. The average molecular weight is 242 g/mol. The Balaban J connectivity index is 2.58. The van der Waals surface area contributed by atoms with E-state index in [-0.39, 0.29) is 11.4 Å². The average Bonchev–Trinajstić information content (AvgIpc) is 2.80. The summed E-state index contributed by atoms with van der Waals surface area (Å²) in [5.41, 5.74) is -1.20. The number of benzene rings is 1. The fourth-order valence-corrected chi connectivity index (χ4v) is 1.29. The van der Waals surface area contributed by atoms with Gasteiger partial charge in [-0.15, -0.1) is 4.91 Å². The largest absolute Gasteiger partial charge is 0.416 e. The summed E-state index contributed by atoms with van der Waals surface area (Å²) < 4.78 is 38.7. The van der Waals surface area contributed by atoms with Crippen LogP contribution in [0.15, 0.2) is 36.0 Å². The number of hydrogen-bond donors (Lipinski definition) is 0. The minimum absolute atomic E-state index is 0.0759. The van der Waals surface area contributed by atoms with Crippen LogP contribution in [0.5, 0.6) is 0 Å². The van der Waals surface area contributed by atoms with Crippen LogP contribution in [-0.4, -0.2) is 14.8 Å². The molecule has 8 heteroatoms. The van der Waals surface area contributed by atoms with Crippen LogP contribution < -0.4 is 0 Å². The summed E-state index contributed by atoms with van der Waals surface area (Å²) in [5, 5.41) is 6.18. The van der Waals surface area contributed by atoms with Gasteiger partial charge in [0.1, 0.15) is 18.3 Å². The molecule has 0 aliphatic rings. The van der Waals surface area contributed by atoms with Crippen molar-refractivity contribution in [1.82, 2.24) is 14.8 Å². The van der Waals surface area contributed by atoms with Crippen molar-refractivity contribution >= 4 is 5.69 Å². The highest BCUT2D eigenvalue weighted by molar-refractivity contribution is 5.50. The van der Waals surface area contributed by atoms with Crippen LogP contribution in [-0.2, 0) is 6.18 Å². The lowest BCUT2D eigenvalue weighted by Crippen LogP contribution is -2.06. The summed E-state index contributed by atoms with van der Waals surface area (Å²) in [6, 6.07) is 2.73. The Hall–Kier alpha value is -2.25. The Morgan fingerprint density at radius 1 is 1.24 bits per heavy atom. The standard InChI is InChI=1S/C9H5F3N4O/c10-9(11,12)6-1-7(15-17)3-8(2-6)16-5-13-4-14-16/h1-5H. The molecule has 17 heavy (non-hydrogen) atoms. The Morgan fingerprint density at radius 2 is 2.00 bits per heavy atom. The van der Waals surface area contributed by atoms with Gasteiger partial charge in [-0.05, 0) is 23.4 Å². The maximum absolute atomic E-state index is 12.5. The minimum Gasteiger partial charge on any atom is -0.223 e. The van der Waals surface area contributed by atoms with E-state index in [0.29, 0.717) is 6.07 Å². The molecule has 0 spiro atoms. The summed E-state index contributed by atoms with van der Waals surface area (Å²) in [6.07, 6.45) is -2.14. The Morgan fingerprint density at radius 3 is 2.53 bits per heavy atom. The van der Waals surface area contributed by atoms with Crippen molar-refractivity contribution in [3.8, 4) is 5.69 Å². The van der Waals surface area contributed by atoms with Crippen LogP contribution in [0.1, 0.15) is 5.56 Å². The third kappa shape index (κ3) is 2.30. The zero-order valence-electron chi connectivity index (χ0n) is 8.22. The fourth-order valence-electron chi connectivity index (χ4n) is 1.29. The van der Waals surface area contributed by atoms with Gasteiger partial charge in [-0.1, -0.05) is 0 Å². The number of rotatable bonds is 2. The number of hydrogen-bond acceptors (Lipinski definition) is 4. The number of aromatic nitrogens is 3. The molecule has 1 aromatic carbocycles. The second kappa shape index (κ2) is 3.96. The van der Waals surface area contributed by atoms with Gasteiger partial charge >= 0.3 is 6.18 Å². The first-order valence-corrected chi connectivity index (χ1v) is 4.41. The van der Waals surface area contributed by atoms with Gasteiger partial charge in [0.2, 0.25) is 0 Å². The van der Waals surface area contributed by atoms with E-state index < -0.39 is 11.7 Å². The molecule has 0 bridgehead atoms. The van der Waals surface area contributed by atoms with Gasteiger partial charge in [-0.3, -0.25) is 0 Å². The van der Waals surface area contributed by atoms with E-state index in [0.717, 1.165) is 10.7 Å². The molecule has 0 N–H and O–H groups in total. The molecule has 0 saturated carbocycles. The number of halogens is 3. The molecule has 0 radical (unpaired) electrons. The van der Waals surface area contributed by atoms with Gasteiger partial charge in [0.25, 0.3) is 0 Å². The van der Waals surface area contributed by atoms with Crippen molar-refractivity contribution in [1.29, 1.82) is 0 Å². The molecule has 0 saturated heterocycles. The van der Waals surface area contributed by atoms with Crippen molar-refractivity contribution in [2.75, 3.05) is 0 Å². The van der Waals surface area contributed by atoms with E-state index in [9.17, 15) is 18.1 Å². The summed E-state index contributed by atoms with van der Waals surface area (Å²) in [4.78, 5) is 14.0. The zero-order valence-corrected chi connectivity index (χ0v) is 8.22. The molecule has 2 aromatic rings. The van der Waals surface area contributed by atoms with Gasteiger partial charge in [0.05, 0.1) is 11.3 Å². The first-order chi connectivity index (χ1) is 8.00. The van der Waals surface area contributed by atoms with E-state index in [1.54, 1.807) is 0 Å². The van der Waals surface area contributed by atoms with Crippen LogP contribution in [0.2, 0.25) is 0 Å². The maximum Gasteiger partial charge on any atom is 0.416 e. The van der Waals surface area contributed by atoms with Gasteiger partial charge in [0, 0.05) is 0 Å². The molecule has 0 fully saturated rings. The van der Waals surface area contributed by atoms with Crippen LogP contribution in [0, 0.1) is 4.91 Å². The number of nitrogens with zero attached hydrogens (tertiary/aromatic N) is 4. The molecule has 0 amide bonds. The normalized spacial score (nSPS) is 11.5. The van der Waals surface area contributed by atoms with Crippen LogP contribution in [0.4, 0.5) is 18.9 Å². The smallest absolute Gasteiger partial charge is 0.223 e. The summed E-state index contributed by atoms with van der Waals surface area (Å²) in [7, 11) is 0. The first kappa shape index (κ1) is 11.2. The lowest BCUT2D eigenvalue weighted by atomic mass is 10.1. The second-order valence-electron chi connectivity index (χ2n) is 3.17. The molecular weight excluding hydrogens is 237 g/mol. The van der Waals surface area contributed by atoms with Crippen LogP contribution >= 0.6 is 0 Å². The highest BCUT2D eigenvalue weighted by Crippen LogP contribution is 2.33. The molecule has 5 nitrogen and oxygen atoms in total. The van der Waals surface area contributed by atoms with Gasteiger partial charge in [0.15, 0.2) is 0 Å². The first-order valence-electron chi connectivity index (χ1n) is 4.41. The number of alkyl halides is 3. The molecule has 0 unspecified atom stereocenters. The molecule has 0 aliphatic heterocycles. The van der Waals surface area contributed by atoms with E-state index in [2.05, 4.69) is 15.3 Å². The second-order valence-corrected chi connectivity index (χ2v) is 3.17. The van der Waals surface area contributed by atoms with E-state index in [1.165, 1.54) is 18.7 Å². The van der Waals surface area contributed by atoms with E-state index in [1.807, 2.05) is 0 Å². The fraction of sp³-hybridized carbons (Fsp3) is 0.111. The highest BCUT2D eigenvalue weighted by Gasteiger charge is 2.31. The molecule has 2 rings (SSSR count). The third-order valence-electron chi connectivity index (χ3n) is 2.02. The van der Waals surface area contributed by atoms with Crippen molar-refractivity contribution < 1.29 is 13.2 Å². The molecule has 1 aromatic heterocycles. The summed E-state index contributed by atoms with van der Waals surface area (Å²) in [5.74, 6) is 0. The predicted molar refractivity (Wildman–Crippen MR) is 51.8 cm³/mol. The van der Waals surface area contributed by atoms with Gasteiger partial charge in [-0.2, -0.15) is 18.3 Å². The van der Waals surface area contributed by atoms with E-state index in [4.69, 9.17) is 0 Å². The van der Waals surface area contributed by atoms with Crippen molar-refractivity contribution in [2.45, 2.75) is 6.18 Å². The monoisotopic (exact) mass is 242 g/mol. The van der Waals surface area contributed by atoms with Gasteiger partial charge < -0.3 is 0 Å². The van der Waals surface area contributed by atoms with E-state index >= 15 is 0 Å². The SMILES string of the molecule is O=Nc1cc(-n2cncn2)cc(C(F)(F)F)c1. The lowest BCUT2D eigenvalue weighted by Gasteiger charge is -2.09. The Bertz CT molecular complexity index is 536. The molecular formula is C9H5F3N4O. The molecule has 0 aliphatic carbocycles. The van der Waals surface area contributed by atoms with Crippen molar-refractivity contribution in [3.05, 3.63) is 41.3 Å². The zero-order chi connectivity index (χ0) is 12.5. The quantitative estimate of drug-likeness (QED) is 0.760. The molecule has 0 atom stereocenters. The van der Waals surface area contributed by atoms with Gasteiger partial charge in [-0.25, -0.2) is 9.67 Å². The number of nitroso groups, excluding NO2 is 1. The van der Waals surface area contributed by atoms with Crippen LogP contribution in [0.3, 0.4) is 0 Å². The Labute approximate surface area is 92.9 Å². The van der Waals surface area contributed by atoms with Crippen molar-refractivity contribution in [3.63, 3.8) is 0 Å². The molecule has 88 valence electrons. The van der Waals surface area contributed by atoms with Crippen LogP contribution in [0.25, 0.3) is 5.69 Å². The summed E-state index contributed by atoms with van der Waals surface area (Å²) in [6.45, 7) is 0. The highest BCUT2D eigenvalue weighted by atomic mass is 19.4. The predicted octanol–water partition coefficient (Wildman–Crippen LogP) is 2.68. The minimum atomic E-state index is -4.55.